The number of piperidine rings is 1. The molecular formula is C19H27F2N3O3S. The molecule has 3 aliphatic rings. The van der Waals surface area contributed by atoms with Gasteiger partial charge >= 0.3 is 0 Å². The van der Waals surface area contributed by atoms with E-state index in [1.165, 1.54) is 6.26 Å². The maximum absolute atomic E-state index is 14.1. The summed E-state index contributed by atoms with van der Waals surface area (Å²) in [7, 11) is -3.16. The molecule has 9 heteroatoms. The fourth-order valence-corrected chi connectivity index (χ4v) is 5.82. The zero-order valence-corrected chi connectivity index (χ0v) is 16.7. The van der Waals surface area contributed by atoms with E-state index in [0.29, 0.717) is 38.0 Å². The van der Waals surface area contributed by atoms with Crippen molar-refractivity contribution in [2.45, 2.75) is 31.0 Å². The molecule has 28 heavy (non-hydrogen) atoms. The Morgan fingerprint density at radius 1 is 1.18 bits per heavy atom. The third-order valence-corrected chi connectivity index (χ3v) is 7.71. The van der Waals surface area contributed by atoms with Crippen LogP contribution in [0.4, 0.5) is 8.78 Å². The predicted octanol–water partition coefficient (Wildman–Crippen LogP) is 1.34. The highest BCUT2D eigenvalue weighted by Gasteiger charge is 2.43. The van der Waals surface area contributed by atoms with Crippen molar-refractivity contribution >= 4 is 10.0 Å². The van der Waals surface area contributed by atoms with Gasteiger partial charge in [0, 0.05) is 43.8 Å². The monoisotopic (exact) mass is 415 g/mol. The van der Waals surface area contributed by atoms with Crippen LogP contribution in [-0.4, -0.2) is 68.7 Å². The molecule has 1 aromatic rings. The molecule has 156 valence electrons. The lowest BCUT2D eigenvalue weighted by Gasteiger charge is -2.39. The number of sulfonamides is 1. The van der Waals surface area contributed by atoms with Crippen molar-refractivity contribution in [1.29, 1.82) is 0 Å². The lowest BCUT2D eigenvalue weighted by Crippen LogP contribution is -2.49. The lowest BCUT2D eigenvalue weighted by atomic mass is 9.90. The number of fused-ring (bicyclic) bond motifs is 1. The molecule has 0 aliphatic carbocycles. The molecule has 0 bridgehead atoms. The van der Waals surface area contributed by atoms with Crippen LogP contribution in [0, 0.1) is 23.5 Å². The van der Waals surface area contributed by atoms with E-state index in [2.05, 4.69) is 4.90 Å². The number of ether oxygens (including phenoxy) is 1. The minimum atomic E-state index is -3.16. The first kappa shape index (κ1) is 20.2. The van der Waals surface area contributed by atoms with Gasteiger partial charge in [-0.25, -0.2) is 21.5 Å². The van der Waals surface area contributed by atoms with E-state index in [0.717, 1.165) is 37.7 Å². The second-order valence-electron chi connectivity index (χ2n) is 8.36. The molecule has 0 saturated carbocycles. The third-order valence-electron chi connectivity index (χ3n) is 6.44. The summed E-state index contributed by atoms with van der Waals surface area (Å²) in [6.07, 6.45) is 2.11. The Labute approximate surface area is 164 Å². The zero-order chi connectivity index (χ0) is 20.1. The molecule has 3 unspecified atom stereocenters. The Bertz CT molecular complexity index is 838. The minimum absolute atomic E-state index is 0.111. The topological polar surface area (TPSA) is 75.9 Å². The third kappa shape index (κ3) is 3.95. The van der Waals surface area contributed by atoms with Gasteiger partial charge in [0.2, 0.25) is 10.0 Å². The van der Waals surface area contributed by atoms with Crippen LogP contribution in [0.1, 0.15) is 24.5 Å². The van der Waals surface area contributed by atoms with Crippen molar-refractivity contribution in [3.8, 4) is 0 Å². The largest absolute Gasteiger partial charge is 0.370 e. The highest BCUT2D eigenvalue weighted by molar-refractivity contribution is 7.88. The predicted molar refractivity (Wildman–Crippen MR) is 101 cm³/mol. The Balaban J connectivity index is 1.40. The Morgan fingerprint density at radius 3 is 2.64 bits per heavy atom. The average molecular weight is 416 g/mol. The van der Waals surface area contributed by atoms with Gasteiger partial charge in [-0.1, -0.05) is 0 Å². The number of hydrogen-bond acceptors (Lipinski definition) is 5. The normalized spacial score (nSPS) is 35.1. The average Bonchev–Trinajstić information content (AvgIpc) is 3.06. The van der Waals surface area contributed by atoms with Gasteiger partial charge in [-0.3, -0.25) is 4.90 Å². The van der Waals surface area contributed by atoms with Crippen molar-refractivity contribution in [2.75, 3.05) is 39.0 Å². The molecule has 3 heterocycles. The highest BCUT2D eigenvalue weighted by Crippen LogP contribution is 2.37. The summed E-state index contributed by atoms with van der Waals surface area (Å²) in [6, 6.07) is 3.03. The van der Waals surface area contributed by atoms with Crippen molar-refractivity contribution in [1.82, 2.24) is 9.21 Å². The summed E-state index contributed by atoms with van der Waals surface area (Å²) < 4.78 is 58.8. The second kappa shape index (κ2) is 7.60. The van der Waals surface area contributed by atoms with Gasteiger partial charge in [0.25, 0.3) is 0 Å². The van der Waals surface area contributed by atoms with Gasteiger partial charge in [0.1, 0.15) is 17.7 Å². The van der Waals surface area contributed by atoms with E-state index >= 15 is 0 Å². The van der Waals surface area contributed by atoms with Crippen LogP contribution >= 0.6 is 0 Å². The van der Waals surface area contributed by atoms with Gasteiger partial charge < -0.3 is 10.5 Å². The molecule has 0 amide bonds. The van der Waals surface area contributed by atoms with Crippen LogP contribution in [-0.2, 0) is 14.8 Å². The van der Waals surface area contributed by atoms with Crippen molar-refractivity contribution < 1.29 is 21.9 Å². The molecule has 0 spiro atoms. The maximum Gasteiger partial charge on any atom is 0.211 e. The summed E-state index contributed by atoms with van der Waals surface area (Å²) >= 11 is 0. The maximum atomic E-state index is 14.1. The molecule has 1 aromatic carbocycles. The van der Waals surface area contributed by atoms with Crippen LogP contribution in [0.2, 0.25) is 0 Å². The number of benzene rings is 1. The number of nitrogens with zero attached hydrogens (tertiary/aromatic N) is 2. The molecule has 6 nitrogen and oxygen atoms in total. The fourth-order valence-electron chi connectivity index (χ4n) is 4.92. The quantitative estimate of drug-likeness (QED) is 0.806. The zero-order valence-electron chi connectivity index (χ0n) is 15.9. The highest BCUT2D eigenvalue weighted by atomic mass is 32.2. The number of hydrogen-bond donors (Lipinski definition) is 1. The van der Waals surface area contributed by atoms with E-state index < -0.39 is 33.8 Å². The molecule has 5 atom stereocenters. The van der Waals surface area contributed by atoms with E-state index in [9.17, 15) is 17.2 Å². The first-order valence-electron chi connectivity index (χ1n) is 9.73. The molecular weight excluding hydrogens is 388 g/mol. The molecule has 3 fully saturated rings. The molecule has 4 rings (SSSR count). The first-order chi connectivity index (χ1) is 13.2. The number of nitrogens with two attached hydrogens (primary N) is 1. The van der Waals surface area contributed by atoms with Gasteiger partial charge in [-0.05, 0) is 42.9 Å². The number of halogens is 2. The summed E-state index contributed by atoms with van der Waals surface area (Å²) in [5.41, 5.74) is 6.46. The van der Waals surface area contributed by atoms with E-state index in [1.54, 1.807) is 4.31 Å². The summed E-state index contributed by atoms with van der Waals surface area (Å²) in [5.74, 6) is -0.215. The van der Waals surface area contributed by atoms with Gasteiger partial charge in [-0.2, -0.15) is 0 Å². The van der Waals surface area contributed by atoms with Crippen molar-refractivity contribution in [3.63, 3.8) is 0 Å². The van der Waals surface area contributed by atoms with E-state index in [4.69, 9.17) is 10.5 Å². The van der Waals surface area contributed by atoms with Crippen LogP contribution in [0.5, 0.6) is 0 Å². The van der Waals surface area contributed by atoms with E-state index in [1.807, 2.05) is 0 Å². The first-order valence-corrected chi connectivity index (χ1v) is 11.6. The number of likely N-dealkylation sites (tertiary alicyclic amines) is 1. The Morgan fingerprint density at radius 2 is 1.93 bits per heavy atom. The number of rotatable bonds is 3. The standard InChI is InChI=1S/C19H27F2N3O3S/c1-28(25,26)24-5-4-12-8-23(9-13(12)10-24)15-7-18(22)19(27-11-15)16-6-14(20)2-3-17(16)21/h2-3,6,12-13,15,18-19H,4-5,7-11,22H2,1H3/t12?,13?,15-,18?,19-/m1/s1. The summed E-state index contributed by atoms with van der Waals surface area (Å²) in [4.78, 5) is 2.33. The van der Waals surface area contributed by atoms with Crippen molar-refractivity contribution in [2.24, 2.45) is 17.6 Å². The minimum Gasteiger partial charge on any atom is -0.370 e. The molecule has 0 radical (unpaired) electrons. The summed E-state index contributed by atoms with van der Waals surface area (Å²) in [6.45, 7) is 3.27. The van der Waals surface area contributed by atoms with Crippen LogP contribution in [0.25, 0.3) is 0 Å². The smallest absolute Gasteiger partial charge is 0.211 e. The molecule has 2 N–H and O–H groups in total. The Kier molecular flexibility index (Phi) is 5.47. The van der Waals surface area contributed by atoms with Crippen LogP contribution in [0.3, 0.4) is 0 Å². The summed E-state index contributed by atoms with van der Waals surface area (Å²) in [5, 5.41) is 0. The SMILES string of the molecule is CS(=O)(=O)N1CCC2CN([C@H]3CO[C@H](c4cc(F)ccc4F)C(N)C3)CC2C1. The van der Waals surface area contributed by atoms with Crippen LogP contribution in [0.15, 0.2) is 18.2 Å². The van der Waals surface area contributed by atoms with Gasteiger partial charge in [-0.15, -0.1) is 0 Å². The molecule has 3 saturated heterocycles. The Hall–Kier alpha value is -1.13. The lowest BCUT2D eigenvalue weighted by molar-refractivity contribution is -0.0480. The van der Waals surface area contributed by atoms with Crippen LogP contribution < -0.4 is 5.73 Å². The van der Waals surface area contributed by atoms with E-state index in [-0.39, 0.29) is 11.6 Å². The van der Waals surface area contributed by atoms with Gasteiger partial charge in [0.15, 0.2) is 0 Å². The van der Waals surface area contributed by atoms with Gasteiger partial charge in [0.05, 0.1) is 12.9 Å². The molecule has 3 aliphatic heterocycles. The molecule has 0 aromatic heterocycles. The fraction of sp³-hybridized carbons (Fsp3) is 0.684. The second-order valence-corrected chi connectivity index (χ2v) is 10.3. The van der Waals surface area contributed by atoms with Crippen molar-refractivity contribution in [3.05, 3.63) is 35.4 Å².